The van der Waals surface area contributed by atoms with Crippen molar-refractivity contribution in [3.05, 3.63) is 62.9 Å². The molecule has 1 amide bonds. The Hall–Kier alpha value is -2.94. The van der Waals surface area contributed by atoms with Crippen molar-refractivity contribution in [3.63, 3.8) is 0 Å². The molecule has 1 aromatic carbocycles. The molecule has 0 saturated carbocycles. The summed E-state index contributed by atoms with van der Waals surface area (Å²) in [5, 5.41) is 11.3. The van der Waals surface area contributed by atoms with Gasteiger partial charge in [0, 0.05) is 71.2 Å². The normalized spacial score (nSPS) is 17.8. The minimum Gasteiger partial charge on any atom is -0.481 e. The molecular formula is C25H23ClN4O3S. The van der Waals surface area contributed by atoms with Crippen LogP contribution < -0.4 is 15.4 Å². The minimum atomic E-state index is -0.237. The van der Waals surface area contributed by atoms with Crippen molar-refractivity contribution in [1.29, 1.82) is 0 Å². The van der Waals surface area contributed by atoms with Gasteiger partial charge in [-0.2, -0.15) is 0 Å². The summed E-state index contributed by atoms with van der Waals surface area (Å²) in [7, 11) is 0. The summed E-state index contributed by atoms with van der Waals surface area (Å²) in [4.78, 5) is 17.2. The number of nitrogens with zero attached hydrogens (tertiary/aromatic N) is 2. The van der Waals surface area contributed by atoms with E-state index in [1.807, 2.05) is 31.2 Å². The van der Waals surface area contributed by atoms with E-state index in [2.05, 4.69) is 20.8 Å². The summed E-state index contributed by atoms with van der Waals surface area (Å²) >= 11 is 8.19. The Morgan fingerprint density at radius 2 is 2.21 bits per heavy atom. The second-order valence-electron chi connectivity index (χ2n) is 8.79. The molecule has 3 aromatic heterocycles. The number of hydrogen-bond acceptors (Lipinski definition) is 7. The van der Waals surface area contributed by atoms with Crippen molar-refractivity contribution in [3.8, 4) is 16.9 Å². The van der Waals surface area contributed by atoms with Gasteiger partial charge in [0.2, 0.25) is 5.91 Å². The fraction of sp³-hybridized carbons (Fsp3) is 0.320. The maximum absolute atomic E-state index is 11.5. The number of halogens is 1. The highest BCUT2D eigenvalue weighted by molar-refractivity contribution is 7.19. The van der Waals surface area contributed by atoms with E-state index >= 15 is 0 Å². The zero-order chi connectivity index (χ0) is 23.4. The average molecular weight is 495 g/mol. The van der Waals surface area contributed by atoms with E-state index in [0.717, 1.165) is 74.1 Å². The molecule has 9 heteroatoms. The number of carbonyl (C=O) groups excluding carboxylic acids is 1. The lowest BCUT2D eigenvalue weighted by atomic mass is 9.99. The van der Waals surface area contributed by atoms with E-state index in [9.17, 15) is 4.79 Å². The minimum absolute atomic E-state index is 0.0601. The fourth-order valence-electron chi connectivity index (χ4n) is 4.84. The van der Waals surface area contributed by atoms with Crippen LogP contribution >= 0.6 is 22.9 Å². The quantitative estimate of drug-likeness (QED) is 0.409. The van der Waals surface area contributed by atoms with Crippen molar-refractivity contribution in [1.82, 2.24) is 20.8 Å². The maximum Gasteiger partial charge on any atom is 0.217 e. The molecular weight excluding hydrogens is 472 g/mol. The number of hydrogen-bond donors (Lipinski definition) is 2. The molecule has 34 heavy (non-hydrogen) atoms. The van der Waals surface area contributed by atoms with Gasteiger partial charge in [-0.15, -0.1) is 11.3 Å². The number of ether oxygens (including phenoxy) is 1. The largest absolute Gasteiger partial charge is 0.481 e. The SMILES string of the molecule is CC(=O)NC(C)c1cc2nccc(-c3cc(Cl)cc4c3O[C@@H](c3onc5c3CNCC5)C4)c2s1. The Kier molecular flexibility index (Phi) is 5.32. The molecule has 6 rings (SSSR count). The first kappa shape index (κ1) is 21.6. The van der Waals surface area contributed by atoms with E-state index in [1.54, 1.807) is 17.5 Å². The van der Waals surface area contributed by atoms with Crippen LogP contribution in [0.25, 0.3) is 21.3 Å². The van der Waals surface area contributed by atoms with E-state index in [-0.39, 0.29) is 18.1 Å². The number of aromatic nitrogens is 2. The molecule has 0 bridgehead atoms. The molecule has 5 heterocycles. The van der Waals surface area contributed by atoms with Gasteiger partial charge in [-0.1, -0.05) is 16.8 Å². The maximum atomic E-state index is 11.5. The molecule has 0 aliphatic carbocycles. The van der Waals surface area contributed by atoms with Crippen molar-refractivity contribution in [2.45, 2.75) is 45.4 Å². The van der Waals surface area contributed by atoms with Crippen LogP contribution in [0.15, 0.2) is 35.0 Å². The first-order valence-corrected chi connectivity index (χ1v) is 12.5. The Morgan fingerprint density at radius 3 is 3.06 bits per heavy atom. The third-order valence-corrected chi connectivity index (χ3v) is 7.95. The van der Waals surface area contributed by atoms with Gasteiger partial charge in [-0.25, -0.2) is 0 Å². The Morgan fingerprint density at radius 1 is 1.32 bits per heavy atom. The molecule has 2 aliphatic rings. The van der Waals surface area contributed by atoms with Crippen molar-refractivity contribution in [2.24, 2.45) is 0 Å². The standard InChI is InChI=1S/C25H23ClN4O3S/c1-12(29-13(2)31)22-10-20-25(34-22)16(3-6-28-20)17-9-15(26)7-14-8-21(32-23(14)17)24-18-11-27-5-4-19(18)30-33-24/h3,6-7,9-10,12,21,27H,4-5,8,11H2,1-2H3,(H,29,31)/t12?,21-/m1/s1. The Bertz CT molecular complexity index is 1430. The van der Waals surface area contributed by atoms with Gasteiger partial charge >= 0.3 is 0 Å². The zero-order valence-electron chi connectivity index (χ0n) is 18.8. The third-order valence-electron chi connectivity index (χ3n) is 6.40. The molecule has 2 atom stereocenters. The zero-order valence-corrected chi connectivity index (χ0v) is 20.3. The van der Waals surface area contributed by atoms with Crippen molar-refractivity contribution >= 4 is 39.1 Å². The second-order valence-corrected chi connectivity index (χ2v) is 10.3. The van der Waals surface area contributed by atoms with Gasteiger partial charge < -0.3 is 19.9 Å². The molecule has 1 unspecified atom stereocenters. The van der Waals surface area contributed by atoms with Gasteiger partial charge in [-0.05, 0) is 31.2 Å². The molecule has 4 aromatic rings. The fourth-order valence-corrected chi connectivity index (χ4v) is 6.23. The van der Waals surface area contributed by atoms with E-state index in [0.29, 0.717) is 11.4 Å². The van der Waals surface area contributed by atoms with Crippen LogP contribution in [-0.4, -0.2) is 22.6 Å². The predicted molar refractivity (Wildman–Crippen MR) is 131 cm³/mol. The summed E-state index contributed by atoms with van der Waals surface area (Å²) in [5.41, 5.74) is 6.00. The first-order chi connectivity index (χ1) is 16.5. The van der Waals surface area contributed by atoms with Crippen LogP contribution in [-0.2, 0) is 24.2 Å². The van der Waals surface area contributed by atoms with Crippen LogP contribution in [0, 0.1) is 0 Å². The molecule has 0 radical (unpaired) electrons. The topological polar surface area (TPSA) is 89.3 Å². The van der Waals surface area contributed by atoms with Crippen LogP contribution in [0.5, 0.6) is 5.75 Å². The summed E-state index contributed by atoms with van der Waals surface area (Å²) in [6, 6.07) is 7.85. The summed E-state index contributed by atoms with van der Waals surface area (Å²) < 4.78 is 13.3. The highest BCUT2D eigenvalue weighted by Crippen LogP contribution is 2.48. The summed E-state index contributed by atoms with van der Waals surface area (Å²) in [6.45, 7) is 5.15. The van der Waals surface area contributed by atoms with Crippen LogP contribution in [0.3, 0.4) is 0 Å². The first-order valence-electron chi connectivity index (χ1n) is 11.3. The number of pyridine rings is 1. The van der Waals surface area contributed by atoms with Gasteiger partial charge in [0.1, 0.15) is 5.75 Å². The lowest BCUT2D eigenvalue weighted by Gasteiger charge is -2.15. The van der Waals surface area contributed by atoms with Crippen LogP contribution in [0.4, 0.5) is 0 Å². The smallest absolute Gasteiger partial charge is 0.217 e. The predicted octanol–water partition coefficient (Wildman–Crippen LogP) is 5.12. The highest BCUT2D eigenvalue weighted by Gasteiger charge is 2.34. The van der Waals surface area contributed by atoms with Crippen LogP contribution in [0.1, 0.15) is 53.5 Å². The molecule has 2 N–H and O–H groups in total. The lowest BCUT2D eigenvalue weighted by molar-refractivity contribution is -0.119. The summed E-state index contributed by atoms with van der Waals surface area (Å²) in [6.07, 6.45) is 3.10. The highest BCUT2D eigenvalue weighted by atomic mass is 35.5. The van der Waals surface area contributed by atoms with Gasteiger partial charge in [0.25, 0.3) is 0 Å². The van der Waals surface area contributed by atoms with Gasteiger partial charge in [0.15, 0.2) is 11.9 Å². The van der Waals surface area contributed by atoms with Gasteiger partial charge in [-0.3, -0.25) is 9.78 Å². The number of benzene rings is 1. The molecule has 174 valence electrons. The molecule has 0 fully saturated rings. The molecule has 0 saturated heterocycles. The van der Waals surface area contributed by atoms with E-state index in [4.69, 9.17) is 20.9 Å². The van der Waals surface area contributed by atoms with E-state index < -0.39 is 0 Å². The second kappa shape index (κ2) is 8.37. The number of thiophene rings is 1. The molecule has 7 nitrogen and oxygen atoms in total. The Labute approximate surface area is 205 Å². The average Bonchev–Trinajstić information content (AvgIpc) is 3.53. The monoisotopic (exact) mass is 494 g/mol. The summed E-state index contributed by atoms with van der Waals surface area (Å²) in [5.74, 6) is 1.55. The van der Waals surface area contributed by atoms with E-state index in [1.165, 1.54) is 6.92 Å². The van der Waals surface area contributed by atoms with Crippen molar-refractivity contribution in [2.75, 3.05) is 6.54 Å². The van der Waals surface area contributed by atoms with Gasteiger partial charge in [0.05, 0.1) is 22.0 Å². The van der Waals surface area contributed by atoms with Crippen LogP contribution in [0.2, 0.25) is 5.02 Å². The van der Waals surface area contributed by atoms with Crippen molar-refractivity contribution < 1.29 is 14.1 Å². The Balaban J connectivity index is 1.41. The lowest BCUT2D eigenvalue weighted by Crippen LogP contribution is -2.24. The number of rotatable bonds is 4. The number of fused-ring (bicyclic) bond motifs is 3. The molecule has 0 spiro atoms. The third kappa shape index (κ3) is 3.66. The molecule has 2 aliphatic heterocycles. The number of nitrogens with one attached hydrogen (secondary N) is 2. The number of carbonyl (C=O) groups is 1. The number of amides is 1.